The van der Waals surface area contributed by atoms with Crippen LogP contribution in [0.15, 0.2) is 24.3 Å². The number of rotatable bonds is 18. The van der Waals surface area contributed by atoms with Gasteiger partial charge in [-0.05, 0) is 66.0 Å². The van der Waals surface area contributed by atoms with E-state index in [9.17, 15) is 0 Å². The third-order valence-electron chi connectivity index (χ3n) is 5.72. The van der Waals surface area contributed by atoms with Gasteiger partial charge in [-0.1, -0.05) is 69.8 Å². The van der Waals surface area contributed by atoms with Gasteiger partial charge in [0.25, 0.3) is 0 Å². The monoisotopic (exact) mass is 407 g/mol. The summed E-state index contributed by atoms with van der Waals surface area (Å²) in [4.78, 5) is 2.21. The average Bonchev–Trinajstić information content (AvgIpc) is 3.07. The second kappa shape index (κ2) is 17.1. The van der Waals surface area contributed by atoms with Crippen LogP contribution in [0, 0.1) is 0 Å². The van der Waals surface area contributed by atoms with Gasteiger partial charge in [0.1, 0.15) is 0 Å². The van der Waals surface area contributed by atoms with E-state index in [0.717, 1.165) is 32.4 Å². The predicted molar refractivity (Wildman–Crippen MR) is 126 cm³/mol. The Kier molecular flexibility index (Phi) is 15.5. The molecule has 2 unspecified atom stereocenters. The maximum atomic E-state index is 6.16. The van der Waals surface area contributed by atoms with E-state index in [4.69, 9.17) is 9.47 Å². The van der Waals surface area contributed by atoms with Crippen LogP contribution in [0.3, 0.4) is 0 Å². The smallest absolute Gasteiger partial charge is 0.166 e. The molecule has 1 aliphatic rings. The summed E-state index contributed by atoms with van der Waals surface area (Å²) in [5.41, 5.74) is 0. The molecule has 1 fully saturated rings. The molecule has 0 aromatic carbocycles. The molecule has 1 heterocycles. The van der Waals surface area contributed by atoms with Crippen molar-refractivity contribution in [3.8, 4) is 0 Å². The van der Waals surface area contributed by atoms with Crippen LogP contribution in [0.25, 0.3) is 0 Å². The molecule has 0 bridgehead atoms. The van der Waals surface area contributed by atoms with Crippen molar-refractivity contribution in [3.63, 3.8) is 0 Å². The third-order valence-corrected chi connectivity index (χ3v) is 5.72. The van der Waals surface area contributed by atoms with E-state index >= 15 is 0 Å². The summed E-state index contributed by atoms with van der Waals surface area (Å²) >= 11 is 0. The minimum absolute atomic E-state index is 0.270. The molecule has 0 aliphatic carbocycles. The first kappa shape index (κ1) is 26.4. The van der Waals surface area contributed by atoms with E-state index in [0.29, 0.717) is 0 Å². The Balaban J connectivity index is 1.89. The van der Waals surface area contributed by atoms with Crippen molar-refractivity contribution in [2.24, 2.45) is 0 Å². The first-order valence-corrected chi connectivity index (χ1v) is 12.3. The van der Waals surface area contributed by atoms with Crippen molar-refractivity contribution in [1.29, 1.82) is 0 Å². The molecule has 3 nitrogen and oxygen atoms in total. The fourth-order valence-corrected chi connectivity index (χ4v) is 3.80. The Morgan fingerprint density at radius 1 is 0.862 bits per heavy atom. The third kappa shape index (κ3) is 14.9. The number of unbranched alkanes of at least 4 members (excludes halogenated alkanes) is 9. The molecule has 2 atom stereocenters. The number of nitrogens with zero attached hydrogens (tertiary/aromatic N) is 1. The van der Waals surface area contributed by atoms with Crippen molar-refractivity contribution in [2.45, 2.75) is 116 Å². The molecular formula is C26H49NO2. The van der Waals surface area contributed by atoms with Crippen molar-refractivity contribution in [3.05, 3.63) is 24.3 Å². The molecule has 29 heavy (non-hydrogen) atoms. The molecule has 0 N–H and O–H groups in total. The Hall–Kier alpha value is -0.640. The summed E-state index contributed by atoms with van der Waals surface area (Å²) in [5, 5.41) is 0. The van der Waals surface area contributed by atoms with Gasteiger partial charge in [0, 0.05) is 13.0 Å². The van der Waals surface area contributed by atoms with E-state index in [2.05, 4.69) is 57.1 Å². The number of hydrogen-bond acceptors (Lipinski definition) is 3. The highest BCUT2D eigenvalue weighted by Crippen LogP contribution is 2.30. The van der Waals surface area contributed by atoms with Crippen LogP contribution in [0.5, 0.6) is 0 Å². The van der Waals surface area contributed by atoms with Gasteiger partial charge in [0.05, 0.1) is 12.7 Å². The first-order valence-electron chi connectivity index (χ1n) is 12.3. The van der Waals surface area contributed by atoms with Crippen LogP contribution >= 0.6 is 0 Å². The van der Waals surface area contributed by atoms with Crippen LogP contribution in [-0.2, 0) is 9.47 Å². The second-order valence-corrected chi connectivity index (χ2v) is 9.11. The summed E-state index contributed by atoms with van der Waals surface area (Å²) in [6.45, 7) is 6.20. The van der Waals surface area contributed by atoms with Gasteiger partial charge in [-0.25, -0.2) is 0 Å². The molecule has 1 rings (SSSR count). The minimum atomic E-state index is -0.341. The molecule has 0 aromatic heterocycles. The van der Waals surface area contributed by atoms with E-state index in [1.807, 2.05) is 0 Å². The van der Waals surface area contributed by atoms with Crippen molar-refractivity contribution >= 4 is 0 Å². The number of ether oxygens (including phenoxy) is 2. The van der Waals surface area contributed by atoms with Gasteiger partial charge in [0.15, 0.2) is 5.79 Å². The zero-order valence-corrected chi connectivity index (χ0v) is 20.0. The highest BCUT2D eigenvalue weighted by atomic mass is 16.7. The lowest BCUT2D eigenvalue weighted by molar-refractivity contribution is -0.159. The Morgan fingerprint density at radius 3 is 2.14 bits per heavy atom. The lowest BCUT2D eigenvalue weighted by Gasteiger charge is -2.23. The Labute approximate surface area is 181 Å². The fourth-order valence-electron chi connectivity index (χ4n) is 3.80. The van der Waals surface area contributed by atoms with Gasteiger partial charge in [0.2, 0.25) is 0 Å². The zero-order valence-electron chi connectivity index (χ0n) is 20.0. The zero-order chi connectivity index (χ0) is 21.2. The van der Waals surface area contributed by atoms with Crippen LogP contribution in [-0.4, -0.2) is 44.0 Å². The largest absolute Gasteiger partial charge is 0.348 e. The molecule has 0 radical (unpaired) electrons. The maximum Gasteiger partial charge on any atom is 0.166 e. The quantitative estimate of drug-likeness (QED) is 0.176. The number of hydrogen-bond donors (Lipinski definition) is 0. The summed E-state index contributed by atoms with van der Waals surface area (Å²) in [5.74, 6) is -0.341. The molecule has 0 spiro atoms. The standard InChI is InChI=1S/C26H49NO2/c1-5-6-7-8-9-10-11-12-13-14-15-16-17-18-19-20-22-26(2)28-24-25(29-26)21-23-27(3)4/h9-10,12-13,25H,5-8,11,14-24H2,1-4H3/b10-9-,13-12-. The molecule has 170 valence electrons. The second-order valence-electron chi connectivity index (χ2n) is 9.11. The summed E-state index contributed by atoms with van der Waals surface area (Å²) < 4.78 is 12.1. The van der Waals surface area contributed by atoms with E-state index in [1.165, 1.54) is 70.6 Å². The maximum absolute atomic E-state index is 6.16. The SMILES string of the molecule is CCCCC/C=C\C/C=C\CCCCCCCCC1(C)OCC(CCN(C)C)O1. The van der Waals surface area contributed by atoms with Gasteiger partial charge in [-0.3, -0.25) is 0 Å². The summed E-state index contributed by atoms with van der Waals surface area (Å²) in [7, 11) is 4.22. The van der Waals surface area contributed by atoms with E-state index < -0.39 is 0 Å². The van der Waals surface area contributed by atoms with E-state index in [-0.39, 0.29) is 11.9 Å². The van der Waals surface area contributed by atoms with Crippen LogP contribution in [0.1, 0.15) is 104 Å². The minimum Gasteiger partial charge on any atom is -0.348 e. The molecular weight excluding hydrogens is 358 g/mol. The van der Waals surface area contributed by atoms with Gasteiger partial charge < -0.3 is 14.4 Å². The Morgan fingerprint density at radius 2 is 1.48 bits per heavy atom. The van der Waals surface area contributed by atoms with Crippen molar-refractivity contribution in [1.82, 2.24) is 4.90 Å². The predicted octanol–water partition coefficient (Wildman–Crippen LogP) is 7.27. The molecule has 1 aliphatic heterocycles. The highest BCUT2D eigenvalue weighted by molar-refractivity contribution is 4.92. The lowest BCUT2D eigenvalue weighted by Crippen LogP contribution is -2.27. The highest BCUT2D eigenvalue weighted by Gasteiger charge is 2.36. The molecule has 0 aromatic rings. The normalized spacial score (nSPS) is 22.6. The van der Waals surface area contributed by atoms with Crippen LogP contribution in [0.2, 0.25) is 0 Å². The van der Waals surface area contributed by atoms with Gasteiger partial charge in [-0.2, -0.15) is 0 Å². The molecule has 3 heteroatoms. The molecule has 0 saturated carbocycles. The van der Waals surface area contributed by atoms with Crippen molar-refractivity contribution < 1.29 is 9.47 Å². The average molecular weight is 408 g/mol. The van der Waals surface area contributed by atoms with Crippen LogP contribution in [0.4, 0.5) is 0 Å². The lowest BCUT2D eigenvalue weighted by atomic mass is 10.0. The fraction of sp³-hybridized carbons (Fsp3) is 0.846. The van der Waals surface area contributed by atoms with Gasteiger partial charge >= 0.3 is 0 Å². The topological polar surface area (TPSA) is 21.7 Å². The first-order chi connectivity index (χ1) is 14.1. The summed E-state index contributed by atoms with van der Waals surface area (Å²) in [6, 6.07) is 0. The van der Waals surface area contributed by atoms with Crippen molar-refractivity contribution in [2.75, 3.05) is 27.2 Å². The molecule has 0 amide bonds. The molecule has 1 saturated heterocycles. The van der Waals surface area contributed by atoms with E-state index in [1.54, 1.807) is 0 Å². The number of allylic oxidation sites excluding steroid dienone is 4. The van der Waals surface area contributed by atoms with Gasteiger partial charge in [-0.15, -0.1) is 0 Å². The summed E-state index contributed by atoms with van der Waals surface area (Å²) in [6.07, 6.45) is 27.2. The Bertz CT molecular complexity index is 432. The van der Waals surface area contributed by atoms with Crippen LogP contribution < -0.4 is 0 Å².